The Hall–Kier alpha value is -3.76. The summed E-state index contributed by atoms with van der Waals surface area (Å²) >= 11 is 0.269. The number of rotatable bonds is 8. The van der Waals surface area contributed by atoms with Crippen molar-refractivity contribution in [2.45, 2.75) is 42.9 Å². The zero-order chi connectivity index (χ0) is 31.4. The number of allylic oxidation sites excluding steroid dienone is 1. The van der Waals surface area contributed by atoms with E-state index < -0.39 is 50.5 Å². The minimum absolute atomic E-state index is 0.0204. The number of aromatic nitrogens is 6. The summed E-state index contributed by atoms with van der Waals surface area (Å²) in [7, 11) is -1.76. The molecule has 3 atom stereocenters. The molecule has 44 heavy (non-hydrogen) atoms. The third kappa shape index (κ3) is 5.17. The molecule has 0 aliphatic heterocycles. The number of ketones is 1. The van der Waals surface area contributed by atoms with Crippen molar-refractivity contribution >= 4 is 38.8 Å². The number of halogens is 5. The molecular formula is C28H26F5N7O2S2. The van der Waals surface area contributed by atoms with E-state index >= 15 is 0 Å². The second-order valence-electron chi connectivity index (χ2n) is 10.8. The smallest absolute Gasteiger partial charge is 0.290 e. The van der Waals surface area contributed by atoms with Gasteiger partial charge in [0, 0.05) is 19.6 Å². The summed E-state index contributed by atoms with van der Waals surface area (Å²) in [6.45, 7) is -1.13. The number of hydrogen-bond acceptors (Lipinski definition) is 7. The third-order valence-corrected chi connectivity index (χ3v) is 11.2. The molecule has 0 bridgehead atoms. The molecule has 4 aromatic rings. The van der Waals surface area contributed by atoms with Crippen molar-refractivity contribution in [1.29, 1.82) is 0 Å². The summed E-state index contributed by atoms with van der Waals surface area (Å²) in [5.74, 6) is 2.86. The minimum Gasteiger partial charge on any atom is -0.290 e. The zero-order valence-corrected chi connectivity index (χ0v) is 24.9. The maximum atomic E-state index is 14.3. The minimum atomic E-state index is -4.67. The van der Waals surface area contributed by atoms with Crippen LogP contribution in [0.25, 0.3) is 11.8 Å². The normalized spacial score (nSPS) is 21.4. The summed E-state index contributed by atoms with van der Waals surface area (Å²) in [5.41, 5.74) is 1.15. The van der Waals surface area contributed by atoms with E-state index in [0.29, 0.717) is 41.6 Å². The van der Waals surface area contributed by atoms with Crippen LogP contribution < -0.4 is 0 Å². The number of thiazole rings is 1. The fourth-order valence-corrected chi connectivity index (χ4v) is 8.65. The van der Waals surface area contributed by atoms with Gasteiger partial charge in [-0.2, -0.15) is 18.3 Å². The van der Waals surface area contributed by atoms with Gasteiger partial charge >= 0.3 is 6.18 Å². The molecule has 0 spiro atoms. The van der Waals surface area contributed by atoms with Crippen molar-refractivity contribution in [2.24, 2.45) is 12.5 Å². The van der Waals surface area contributed by atoms with Crippen molar-refractivity contribution in [1.82, 2.24) is 34.1 Å². The Bertz CT molecular complexity index is 1860. The van der Waals surface area contributed by atoms with Crippen LogP contribution in [-0.2, 0) is 29.4 Å². The Kier molecular flexibility index (Phi) is 7.57. The van der Waals surface area contributed by atoms with E-state index in [4.69, 9.17) is 0 Å². The average molecular weight is 652 g/mol. The van der Waals surface area contributed by atoms with Crippen LogP contribution in [0.2, 0.25) is 0 Å². The first-order chi connectivity index (χ1) is 20.8. The van der Waals surface area contributed by atoms with Gasteiger partial charge < -0.3 is 0 Å². The lowest BCUT2D eigenvalue weighted by Crippen LogP contribution is -2.51. The fraction of sp³-hybridized carbons (Fsp3) is 0.357. The standard InChI is InChI=1S/C28H26F5N7O2S2/c1-38-16-24(36-37-38)44(2,42)39(10-9-29)21-6-3-18-11-22-17(14-35-40(22)20-7-4-19(30)5-8-20)12-27(18,13-21)25(41)26-34-15-23(43-26)28(31,32)33/h4-5,7-8,11,14-16,21H,2-3,6,9-10,12-13H2,1H3/t21-,27-,44?/m0/s1. The number of hydrogen-bond donors (Lipinski definition) is 0. The predicted molar refractivity (Wildman–Crippen MR) is 154 cm³/mol. The van der Waals surface area contributed by atoms with Gasteiger partial charge in [-0.05, 0) is 67.5 Å². The highest BCUT2D eigenvalue weighted by molar-refractivity contribution is 7.98. The number of nitrogens with zero attached hydrogens (tertiary/aromatic N) is 7. The number of carbonyl (C=O) groups excluding carboxylic acids is 1. The summed E-state index contributed by atoms with van der Waals surface area (Å²) in [6, 6.07) is 5.07. The van der Waals surface area contributed by atoms with Gasteiger partial charge in [0.25, 0.3) is 0 Å². The highest BCUT2D eigenvalue weighted by Crippen LogP contribution is 2.52. The molecule has 3 heterocycles. The first-order valence-electron chi connectivity index (χ1n) is 13.5. The molecule has 6 rings (SSSR count). The van der Waals surface area contributed by atoms with Crippen LogP contribution in [0.3, 0.4) is 0 Å². The fourth-order valence-electron chi connectivity index (χ4n) is 6.08. The van der Waals surface area contributed by atoms with Crippen LogP contribution in [0, 0.1) is 11.2 Å². The largest absolute Gasteiger partial charge is 0.427 e. The SMILES string of the molecule is C=S(=O)(c1cn(C)nn1)N(CCF)[C@H]1CCC2=Cc3c(cnn3-c3ccc(F)cc3)C[C@]2(C(=O)c2ncc(C(F)(F)F)s2)C1. The molecule has 2 aliphatic carbocycles. The maximum absolute atomic E-state index is 14.3. The highest BCUT2D eigenvalue weighted by Gasteiger charge is 2.52. The second-order valence-corrected chi connectivity index (χ2v) is 14.0. The summed E-state index contributed by atoms with van der Waals surface area (Å²) < 4.78 is 86.4. The molecule has 9 nitrogen and oxygen atoms in total. The molecule has 1 fully saturated rings. The summed E-state index contributed by atoms with van der Waals surface area (Å²) in [6.07, 6.45) is 1.51. The van der Waals surface area contributed by atoms with Crippen LogP contribution in [0.15, 0.2) is 53.5 Å². The van der Waals surface area contributed by atoms with E-state index in [0.717, 1.165) is 0 Å². The summed E-state index contributed by atoms with van der Waals surface area (Å²) in [5, 5.41) is 12.0. The lowest BCUT2D eigenvalue weighted by Gasteiger charge is -2.46. The molecule has 2 aliphatic rings. The van der Waals surface area contributed by atoms with E-state index in [1.165, 1.54) is 27.3 Å². The van der Waals surface area contributed by atoms with E-state index in [1.807, 2.05) is 0 Å². The molecule has 0 radical (unpaired) electrons. The first-order valence-corrected chi connectivity index (χ1v) is 16.0. The van der Waals surface area contributed by atoms with Gasteiger partial charge in [-0.1, -0.05) is 10.8 Å². The van der Waals surface area contributed by atoms with Gasteiger partial charge in [0.15, 0.2) is 10.0 Å². The highest BCUT2D eigenvalue weighted by atomic mass is 32.2. The van der Waals surface area contributed by atoms with Gasteiger partial charge in [-0.3, -0.25) is 9.48 Å². The monoisotopic (exact) mass is 651 g/mol. The Balaban J connectivity index is 1.44. The van der Waals surface area contributed by atoms with E-state index in [-0.39, 0.29) is 40.8 Å². The number of fused-ring (bicyclic) bond motifs is 2. The zero-order valence-electron chi connectivity index (χ0n) is 23.3. The van der Waals surface area contributed by atoms with Crippen LogP contribution in [0.5, 0.6) is 0 Å². The Morgan fingerprint density at radius 1 is 1.25 bits per heavy atom. The molecular weight excluding hydrogens is 625 g/mol. The van der Waals surface area contributed by atoms with Gasteiger partial charge in [-0.15, -0.1) is 16.4 Å². The van der Waals surface area contributed by atoms with Crippen molar-refractivity contribution in [3.05, 3.63) is 75.4 Å². The van der Waals surface area contributed by atoms with E-state index in [1.54, 1.807) is 36.1 Å². The van der Waals surface area contributed by atoms with Crippen molar-refractivity contribution in [2.75, 3.05) is 13.2 Å². The number of Topliss-reactive ketones (excluding diaryl/α,β-unsaturated/α-hetero) is 1. The van der Waals surface area contributed by atoms with E-state index in [9.17, 15) is 31.0 Å². The Morgan fingerprint density at radius 3 is 2.64 bits per heavy atom. The maximum Gasteiger partial charge on any atom is 0.427 e. The lowest BCUT2D eigenvalue weighted by molar-refractivity contribution is -0.134. The number of benzene rings is 1. The summed E-state index contributed by atoms with van der Waals surface area (Å²) in [4.78, 5) is 17.2. The predicted octanol–water partition coefficient (Wildman–Crippen LogP) is 4.94. The van der Waals surface area contributed by atoms with Crippen LogP contribution >= 0.6 is 11.3 Å². The first kappa shape index (κ1) is 30.3. The molecule has 1 unspecified atom stereocenters. The Labute approximate surface area is 253 Å². The van der Waals surface area contributed by atoms with Crippen LogP contribution in [0.4, 0.5) is 22.0 Å². The molecule has 1 aromatic carbocycles. The van der Waals surface area contributed by atoms with Gasteiger partial charge in [-0.25, -0.2) is 27.0 Å². The van der Waals surface area contributed by atoms with Gasteiger partial charge in [0.1, 0.15) is 17.4 Å². The third-order valence-electron chi connectivity index (χ3n) is 8.12. The topological polar surface area (TPSA) is 98.8 Å². The molecule has 3 aromatic heterocycles. The van der Waals surface area contributed by atoms with Gasteiger partial charge in [0.2, 0.25) is 5.78 Å². The Morgan fingerprint density at radius 2 is 2.00 bits per heavy atom. The number of carbonyl (C=O) groups is 1. The van der Waals surface area contributed by atoms with Crippen molar-refractivity contribution in [3.63, 3.8) is 0 Å². The van der Waals surface area contributed by atoms with Crippen LogP contribution in [0.1, 0.15) is 45.2 Å². The van der Waals surface area contributed by atoms with Crippen molar-refractivity contribution < 1.29 is 31.0 Å². The van der Waals surface area contributed by atoms with E-state index in [2.05, 4.69) is 26.3 Å². The molecule has 16 heteroatoms. The quantitative estimate of drug-likeness (QED) is 0.152. The van der Waals surface area contributed by atoms with Gasteiger partial charge in [0.05, 0.1) is 45.1 Å². The lowest BCUT2D eigenvalue weighted by atomic mass is 9.61. The number of aryl methyl sites for hydroxylation is 1. The molecule has 0 saturated heterocycles. The van der Waals surface area contributed by atoms with Crippen molar-refractivity contribution in [3.8, 4) is 5.69 Å². The number of alkyl halides is 4. The molecule has 232 valence electrons. The molecule has 0 amide bonds. The average Bonchev–Trinajstić information content (AvgIpc) is 3.74. The van der Waals surface area contributed by atoms with Crippen LogP contribution in [-0.4, -0.2) is 69.2 Å². The second kappa shape index (κ2) is 11.0. The molecule has 1 saturated carbocycles. The molecule has 0 N–H and O–H groups in total.